The van der Waals surface area contributed by atoms with E-state index in [2.05, 4.69) is 23.9 Å². The molecule has 0 bridgehead atoms. The lowest BCUT2D eigenvalue weighted by Gasteiger charge is -2.35. The molecular weight excluding hydrogens is 561 g/mol. The van der Waals surface area contributed by atoms with Gasteiger partial charge in [0.2, 0.25) is 0 Å². The second kappa shape index (κ2) is 10.1. The minimum Gasteiger partial charge on any atom is -0.481 e. The molecule has 8 nitrogen and oxygen atoms in total. The van der Waals surface area contributed by atoms with Crippen LogP contribution in [0.25, 0.3) is 0 Å². The van der Waals surface area contributed by atoms with Gasteiger partial charge in [0, 0.05) is 24.0 Å². The summed E-state index contributed by atoms with van der Waals surface area (Å²) in [5.74, 6) is -1.68. The molecule has 1 amide bonds. The van der Waals surface area contributed by atoms with Crippen LogP contribution in [0.15, 0.2) is 18.6 Å². The Kier molecular flexibility index (Phi) is 7.28. The first-order valence-corrected chi connectivity index (χ1v) is 14.3. The lowest BCUT2D eigenvalue weighted by Crippen LogP contribution is -2.44. The highest BCUT2D eigenvalue weighted by atomic mass is 35.5. The Bertz CT molecular complexity index is 1360. The van der Waals surface area contributed by atoms with Crippen LogP contribution in [0.4, 0.5) is 13.2 Å². The summed E-state index contributed by atoms with van der Waals surface area (Å²) in [4.78, 5) is 44.4. The van der Waals surface area contributed by atoms with Gasteiger partial charge in [0.25, 0.3) is 5.91 Å². The highest BCUT2D eigenvalue weighted by Gasteiger charge is 2.63. The number of rotatable bonds is 7. The first kappa shape index (κ1) is 29.5. The summed E-state index contributed by atoms with van der Waals surface area (Å²) in [6.07, 6.45) is 0.817. The van der Waals surface area contributed by atoms with Crippen molar-refractivity contribution in [3.05, 3.63) is 46.0 Å². The third-order valence-corrected chi connectivity index (χ3v) is 10.2. The summed E-state index contributed by atoms with van der Waals surface area (Å²) in [5, 5.41) is 13.7. The summed E-state index contributed by atoms with van der Waals surface area (Å²) in [6, 6.07) is -1.10. The number of carbonyl (C=O) groups excluding carboxylic acids is 2. The van der Waals surface area contributed by atoms with Crippen LogP contribution in [0.3, 0.4) is 0 Å². The molecule has 41 heavy (non-hydrogen) atoms. The zero-order valence-electron chi connectivity index (χ0n) is 23.5. The smallest absolute Gasteiger partial charge is 0.433 e. The highest BCUT2D eigenvalue weighted by molar-refractivity contribution is 6.34. The predicted octanol–water partition coefficient (Wildman–Crippen LogP) is 6.22. The number of carbonyl (C=O) groups is 3. The largest absolute Gasteiger partial charge is 0.481 e. The normalized spacial score (nSPS) is 28.7. The second-order valence-corrected chi connectivity index (χ2v) is 13.2. The van der Waals surface area contributed by atoms with Gasteiger partial charge in [0.1, 0.15) is 0 Å². The molecule has 0 saturated heterocycles. The molecule has 3 saturated carbocycles. The zero-order valence-corrected chi connectivity index (χ0v) is 24.2. The van der Waals surface area contributed by atoms with Crippen molar-refractivity contribution in [2.75, 3.05) is 6.54 Å². The molecule has 1 N–H and O–H groups in total. The van der Waals surface area contributed by atoms with Gasteiger partial charge in [-0.3, -0.25) is 24.0 Å². The molecule has 5 rings (SSSR count). The number of hydrogen-bond acceptors (Lipinski definition) is 5. The van der Waals surface area contributed by atoms with E-state index in [1.165, 1.54) is 17.3 Å². The quantitative estimate of drug-likeness (QED) is 0.381. The number of halogens is 4. The molecule has 0 aliphatic heterocycles. The molecule has 1 unspecified atom stereocenters. The second-order valence-electron chi connectivity index (χ2n) is 12.8. The number of aromatic nitrogens is 3. The SMILES string of the molecule is Cc1cncc(Cl)c1C(=O)CN(C(=O)c1cnn(C2CCC(C)(C(=O)O)CC2)c1C(F)(F)F)C1C[C@@H]2[C@H](C1)C2(C)C. The zero-order chi connectivity index (χ0) is 30.1. The molecule has 0 spiro atoms. The van der Waals surface area contributed by atoms with Gasteiger partial charge in [0.05, 0.1) is 34.8 Å². The predicted molar refractivity (Wildman–Crippen MR) is 144 cm³/mol. The summed E-state index contributed by atoms with van der Waals surface area (Å²) in [6.45, 7) is 7.11. The third kappa shape index (κ3) is 5.15. The molecule has 3 atom stereocenters. The van der Waals surface area contributed by atoms with Gasteiger partial charge in [-0.05, 0) is 75.2 Å². The van der Waals surface area contributed by atoms with E-state index >= 15 is 0 Å². The molecule has 12 heteroatoms. The van der Waals surface area contributed by atoms with Gasteiger partial charge in [-0.15, -0.1) is 0 Å². The number of Topliss-reactive ketones (excluding diaryl/α,β-unsaturated/α-hetero) is 1. The number of carboxylic acid groups (broad SMARTS) is 1. The maximum absolute atomic E-state index is 14.6. The average molecular weight is 595 g/mol. The van der Waals surface area contributed by atoms with E-state index in [0.717, 1.165) is 10.9 Å². The molecule has 2 heterocycles. The maximum atomic E-state index is 14.6. The van der Waals surface area contributed by atoms with Crippen LogP contribution in [0.1, 0.15) is 97.3 Å². The summed E-state index contributed by atoms with van der Waals surface area (Å²) >= 11 is 6.26. The van der Waals surface area contributed by atoms with Crippen molar-refractivity contribution in [2.45, 2.75) is 84.5 Å². The summed E-state index contributed by atoms with van der Waals surface area (Å²) in [5.41, 5.74) is -1.97. The van der Waals surface area contributed by atoms with Gasteiger partial charge in [-0.1, -0.05) is 25.4 Å². The fraction of sp³-hybridized carbons (Fsp3) is 0.621. The average Bonchev–Trinajstić information content (AvgIpc) is 3.30. The van der Waals surface area contributed by atoms with Gasteiger partial charge in [0.15, 0.2) is 11.5 Å². The van der Waals surface area contributed by atoms with E-state index in [0.29, 0.717) is 30.2 Å². The molecule has 222 valence electrons. The number of ketones is 1. The van der Waals surface area contributed by atoms with E-state index in [1.807, 2.05) is 0 Å². The molecule has 3 aliphatic carbocycles. The van der Waals surface area contributed by atoms with E-state index in [9.17, 15) is 32.7 Å². The number of hydrogen-bond donors (Lipinski definition) is 1. The Morgan fingerprint density at radius 2 is 1.71 bits per heavy atom. The minimum absolute atomic E-state index is 0.105. The van der Waals surface area contributed by atoms with E-state index in [4.69, 9.17) is 11.6 Å². The molecule has 2 aromatic heterocycles. The Morgan fingerprint density at radius 3 is 2.24 bits per heavy atom. The lowest BCUT2D eigenvalue weighted by molar-refractivity contribution is -0.152. The van der Waals surface area contributed by atoms with Crippen molar-refractivity contribution in [1.29, 1.82) is 0 Å². The van der Waals surface area contributed by atoms with E-state index in [-0.39, 0.29) is 41.7 Å². The number of aryl methyl sites for hydroxylation is 1. The standard InChI is InChI=1S/C29H34ClF3N4O4/c1-15-11-34-13-21(30)23(15)22(38)14-36(17-9-19-20(10-17)27(19,2)3)25(39)18-12-35-37(24(18)29(31,32)33)16-5-7-28(4,8-6-16)26(40)41/h11-13,16-17,19-20H,5-10,14H2,1-4H3,(H,40,41)/t16?,17?,19-,20+,28?. The number of fused-ring (bicyclic) bond motifs is 1. The molecule has 0 aromatic carbocycles. The van der Waals surface area contributed by atoms with Gasteiger partial charge in [-0.25, -0.2) is 0 Å². The Balaban J connectivity index is 1.48. The fourth-order valence-corrected chi connectivity index (χ4v) is 7.46. The molecule has 2 aromatic rings. The molecular formula is C29H34ClF3N4O4. The fourth-order valence-electron chi connectivity index (χ4n) is 7.15. The molecule has 3 fully saturated rings. The van der Waals surface area contributed by atoms with Crippen LogP contribution in [-0.4, -0.2) is 55.0 Å². The van der Waals surface area contributed by atoms with Crippen LogP contribution in [0.5, 0.6) is 0 Å². The number of carboxylic acids is 1. The lowest BCUT2D eigenvalue weighted by atomic mass is 9.74. The first-order valence-electron chi connectivity index (χ1n) is 13.9. The van der Waals surface area contributed by atoms with Gasteiger partial charge in [-0.2, -0.15) is 18.3 Å². The van der Waals surface area contributed by atoms with Crippen LogP contribution in [0.2, 0.25) is 5.02 Å². The Morgan fingerprint density at radius 1 is 1.10 bits per heavy atom. The number of amides is 1. The number of aliphatic carboxylic acids is 1. The summed E-state index contributed by atoms with van der Waals surface area (Å²) in [7, 11) is 0. The van der Waals surface area contributed by atoms with Gasteiger partial charge >= 0.3 is 12.1 Å². The van der Waals surface area contributed by atoms with Crippen molar-refractivity contribution in [2.24, 2.45) is 22.7 Å². The van der Waals surface area contributed by atoms with Crippen molar-refractivity contribution < 1.29 is 32.7 Å². The van der Waals surface area contributed by atoms with Crippen LogP contribution >= 0.6 is 11.6 Å². The number of nitrogens with zero attached hydrogens (tertiary/aromatic N) is 4. The van der Waals surface area contributed by atoms with Crippen molar-refractivity contribution in [1.82, 2.24) is 19.7 Å². The number of pyridine rings is 1. The number of alkyl halides is 3. The van der Waals surface area contributed by atoms with E-state index < -0.39 is 59.1 Å². The molecule has 3 aliphatic rings. The monoisotopic (exact) mass is 594 g/mol. The van der Waals surface area contributed by atoms with E-state index in [1.54, 1.807) is 13.8 Å². The maximum Gasteiger partial charge on any atom is 0.433 e. The first-order chi connectivity index (χ1) is 19.1. The van der Waals surface area contributed by atoms with Crippen molar-refractivity contribution in [3.63, 3.8) is 0 Å². The van der Waals surface area contributed by atoms with Gasteiger partial charge < -0.3 is 10.0 Å². The minimum atomic E-state index is -4.89. The van der Waals surface area contributed by atoms with Crippen molar-refractivity contribution in [3.8, 4) is 0 Å². The molecule has 0 radical (unpaired) electrons. The van der Waals surface area contributed by atoms with Crippen molar-refractivity contribution >= 4 is 29.3 Å². The summed E-state index contributed by atoms with van der Waals surface area (Å²) < 4.78 is 44.5. The van der Waals surface area contributed by atoms with Crippen LogP contribution in [0, 0.1) is 29.6 Å². The Labute approximate surface area is 241 Å². The Hall–Kier alpha value is -2.95. The highest BCUT2D eigenvalue weighted by Crippen LogP contribution is 2.67. The van der Waals surface area contributed by atoms with Crippen LogP contribution < -0.4 is 0 Å². The third-order valence-electron chi connectivity index (χ3n) is 9.94. The topological polar surface area (TPSA) is 105 Å². The van der Waals surface area contributed by atoms with Crippen LogP contribution in [-0.2, 0) is 11.0 Å².